The van der Waals surface area contributed by atoms with Gasteiger partial charge in [0, 0.05) is 25.0 Å². The van der Waals surface area contributed by atoms with Crippen molar-refractivity contribution in [3.8, 4) is 0 Å². The maximum absolute atomic E-state index is 6.06. The van der Waals surface area contributed by atoms with Crippen molar-refractivity contribution < 1.29 is 0 Å². The van der Waals surface area contributed by atoms with Crippen molar-refractivity contribution in [2.45, 2.75) is 12.3 Å². The number of likely N-dealkylation sites (tertiary alicyclic amines) is 1. The fourth-order valence-electron chi connectivity index (χ4n) is 3.67. The standard InChI is InChI=1S/C14H20N2/c1-2-16-8-12-13(9-16)14(12,10-15)11-6-4-3-5-7-11/h3-7,12-13H,2,8-10,15H2,1H3. The summed E-state index contributed by atoms with van der Waals surface area (Å²) in [5.74, 6) is 1.61. The van der Waals surface area contributed by atoms with Crippen molar-refractivity contribution in [1.29, 1.82) is 0 Å². The lowest BCUT2D eigenvalue weighted by Gasteiger charge is -2.25. The van der Waals surface area contributed by atoms with Gasteiger partial charge in [-0.05, 0) is 23.9 Å². The molecule has 1 aromatic rings. The van der Waals surface area contributed by atoms with Crippen LogP contribution in [0.2, 0.25) is 0 Å². The van der Waals surface area contributed by atoms with Gasteiger partial charge in [0.15, 0.2) is 0 Å². The Bertz CT molecular complexity index is 362. The Morgan fingerprint density at radius 2 is 1.88 bits per heavy atom. The van der Waals surface area contributed by atoms with E-state index >= 15 is 0 Å². The number of benzene rings is 1. The van der Waals surface area contributed by atoms with Gasteiger partial charge in [0.2, 0.25) is 0 Å². The fraction of sp³-hybridized carbons (Fsp3) is 0.571. The van der Waals surface area contributed by atoms with Crippen LogP contribution >= 0.6 is 0 Å². The molecule has 2 heteroatoms. The summed E-state index contributed by atoms with van der Waals surface area (Å²) in [4.78, 5) is 2.55. The molecule has 0 radical (unpaired) electrons. The first-order chi connectivity index (χ1) is 7.82. The molecule has 2 fully saturated rings. The molecule has 2 atom stereocenters. The first kappa shape index (κ1) is 10.3. The molecule has 0 bridgehead atoms. The van der Waals surface area contributed by atoms with Gasteiger partial charge in [0.25, 0.3) is 0 Å². The van der Waals surface area contributed by atoms with Crippen molar-refractivity contribution in [1.82, 2.24) is 4.90 Å². The first-order valence-electron chi connectivity index (χ1n) is 6.31. The van der Waals surface area contributed by atoms with E-state index in [0.717, 1.165) is 18.4 Å². The van der Waals surface area contributed by atoms with E-state index in [1.54, 1.807) is 0 Å². The van der Waals surface area contributed by atoms with Crippen LogP contribution in [0.1, 0.15) is 12.5 Å². The average molecular weight is 216 g/mol. The minimum Gasteiger partial charge on any atom is -0.330 e. The molecule has 2 unspecified atom stereocenters. The Balaban J connectivity index is 1.85. The van der Waals surface area contributed by atoms with Crippen LogP contribution in [0.5, 0.6) is 0 Å². The summed E-state index contributed by atoms with van der Waals surface area (Å²) >= 11 is 0. The summed E-state index contributed by atoms with van der Waals surface area (Å²) in [7, 11) is 0. The minimum atomic E-state index is 0.312. The van der Waals surface area contributed by atoms with E-state index in [1.807, 2.05) is 0 Å². The SMILES string of the molecule is CCN1CC2C(C1)C2(CN)c1ccccc1. The second-order valence-electron chi connectivity index (χ2n) is 5.18. The van der Waals surface area contributed by atoms with Crippen LogP contribution in [0.4, 0.5) is 0 Å². The molecular formula is C14H20N2. The van der Waals surface area contributed by atoms with Crippen LogP contribution in [-0.4, -0.2) is 31.1 Å². The molecule has 3 rings (SSSR count). The smallest absolute Gasteiger partial charge is 0.0163 e. The molecule has 1 saturated carbocycles. The van der Waals surface area contributed by atoms with Crippen molar-refractivity contribution in [2.75, 3.05) is 26.2 Å². The minimum absolute atomic E-state index is 0.312. The third-order valence-corrected chi connectivity index (χ3v) is 4.71. The third-order valence-electron chi connectivity index (χ3n) is 4.71. The summed E-state index contributed by atoms with van der Waals surface area (Å²) < 4.78 is 0. The molecule has 1 saturated heterocycles. The number of nitrogens with two attached hydrogens (primary N) is 1. The van der Waals surface area contributed by atoms with Gasteiger partial charge in [-0.1, -0.05) is 37.3 Å². The Kier molecular flexibility index (Phi) is 2.30. The van der Waals surface area contributed by atoms with Crippen LogP contribution in [0.15, 0.2) is 30.3 Å². The van der Waals surface area contributed by atoms with Crippen LogP contribution < -0.4 is 5.73 Å². The molecule has 2 nitrogen and oxygen atoms in total. The highest BCUT2D eigenvalue weighted by Gasteiger charge is 2.67. The van der Waals surface area contributed by atoms with Crippen LogP contribution in [-0.2, 0) is 5.41 Å². The summed E-state index contributed by atoms with van der Waals surface area (Å²) in [6.45, 7) is 6.73. The van der Waals surface area contributed by atoms with Gasteiger partial charge in [0.1, 0.15) is 0 Å². The van der Waals surface area contributed by atoms with Crippen molar-refractivity contribution in [3.05, 3.63) is 35.9 Å². The zero-order valence-corrected chi connectivity index (χ0v) is 9.89. The van der Waals surface area contributed by atoms with Crippen LogP contribution in [0, 0.1) is 11.8 Å². The maximum atomic E-state index is 6.06. The molecule has 0 spiro atoms. The normalized spacial score (nSPS) is 37.4. The molecular weight excluding hydrogens is 196 g/mol. The number of fused-ring (bicyclic) bond motifs is 1. The van der Waals surface area contributed by atoms with E-state index in [2.05, 4.69) is 42.2 Å². The molecule has 2 N–H and O–H groups in total. The molecule has 1 aliphatic heterocycles. The molecule has 1 aliphatic carbocycles. The molecule has 0 amide bonds. The number of hydrogen-bond acceptors (Lipinski definition) is 2. The van der Waals surface area contributed by atoms with Crippen molar-refractivity contribution in [2.24, 2.45) is 17.6 Å². The van der Waals surface area contributed by atoms with Gasteiger partial charge in [-0.15, -0.1) is 0 Å². The van der Waals surface area contributed by atoms with Crippen LogP contribution in [0.3, 0.4) is 0 Å². The molecule has 1 aromatic carbocycles. The summed E-state index contributed by atoms with van der Waals surface area (Å²) in [5, 5.41) is 0. The Morgan fingerprint density at radius 1 is 1.25 bits per heavy atom. The van der Waals surface area contributed by atoms with E-state index in [0.29, 0.717) is 5.41 Å². The van der Waals surface area contributed by atoms with Gasteiger partial charge in [0.05, 0.1) is 0 Å². The first-order valence-corrected chi connectivity index (χ1v) is 6.31. The van der Waals surface area contributed by atoms with Gasteiger partial charge in [-0.25, -0.2) is 0 Å². The lowest BCUT2D eigenvalue weighted by atomic mass is 9.90. The largest absolute Gasteiger partial charge is 0.330 e. The van der Waals surface area contributed by atoms with Crippen molar-refractivity contribution in [3.63, 3.8) is 0 Å². The lowest BCUT2D eigenvalue weighted by Crippen LogP contribution is -2.34. The Labute approximate surface area is 97.4 Å². The summed E-state index contributed by atoms with van der Waals surface area (Å²) in [6, 6.07) is 10.9. The van der Waals surface area contributed by atoms with Gasteiger partial charge in [-0.3, -0.25) is 0 Å². The number of hydrogen-bond donors (Lipinski definition) is 1. The zero-order valence-electron chi connectivity index (χ0n) is 9.89. The topological polar surface area (TPSA) is 29.3 Å². The third kappa shape index (κ3) is 1.20. The molecule has 16 heavy (non-hydrogen) atoms. The fourth-order valence-corrected chi connectivity index (χ4v) is 3.67. The zero-order chi connectivity index (χ0) is 11.2. The van der Waals surface area contributed by atoms with E-state index in [9.17, 15) is 0 Å². The lowest BCUT2D eigenvalue weighted by molar-refractivity contribution is 0.287. The maximum Gasteiger partial charge on any atom is 0.0163 e. The monoisotopic (exact) mass is 216 g/mol. The van der Waals surface area contributed by atoms with E-state index in [4.69, 9.17) is 5.73 Å². The Hall–Kier alpha value is -0.860. The van der Waals surface area contributed by atoms with Gasteiger partial charge >= 0.3 is 0 Å². The second-order valence-corrected chi connectivity index (χ2v) is 5.18. The molecule has 1 heterocycles. The quantitative estimate of drug-likeness (QED) is 0.829. The number of rotatable bonds is 3. The second kappa shape index (κ2) is 3.57. The van der Waals surface area contributed by atoms with Crippen molar-refractivity contribution >= 4 is 0 Å². The molecule has 0 aromatic heterocycles. The highest BCUT2D eigenvalue weighted by Crippen LogP contribution is 2.62. The van der Waals surface area contributed by atoms with E-state index in [1.165, 1.54) is 25.2 Å². The number of nitrogens with zero attached hydrogens (tertiary/aromatic N) is 1. The molecule has 2 aliphatic rings. The van der Waals surface area contributed by atoms with E-state index < -0.39 is 0 Å². The summed E-state index contributed by atoms with van der Waals surface area (Å²) in [5.41, 5.74) is 7.83. The van der Waals surface area contributed by atoms with E-state index in [-0.39, 0.29) is 0 Å². The highest BCUT2D eigenvalue weighted by atomic mass is 15.2. The van der Waals surface area contributed by atoms with Gasteiger partial charge < -0.3 is 10.6 Å². The predicted octanol–water partition coefficient (Wildman–Crippen LogP) is 1.46. The average Bonchev–Trinajstić information content (AvgIpc) is 2.74. The number of piperidine rings is 1. The predicted molar refractivity (Wildman–Crippen MR) is 66.3 cm³/mol. The molecule has 86 valence electrons. The highest BCUT2D eigenvalue weighted by molar-refractivity contribution is 5.39. The van der Waals surface area contributed by atoms with Crippen LogP contribution in [0.25, 0.3) is 0 Å². The summed E-state index contributed by atoms with van der Waals surface area (Å²) in [6.07, 6.45) is 0. The van der Waals surface area contributed by atoms with Gasteiger partial charge in [-0.2, -0.15) is 0 Å². The Morgan fingerprint density at radius 3 is 2.38 bits per heavy atom.